The van der Waals surface area contributed by atoms with Crippen LogP contribution in [0.1, 0.15) is 32.0 Å². The van der Waals surface area contributed by atoms with E-state index in [0.29, 0.717) is 27.6 Å². The first-order chi connectivity index (χ1) is 11.5. The van der Waals surface area contributed by atoms with Crippen molar-refractivity contribution in [3.63, 3.8) is 0 Å². The number of benzene rings is 1. The van der Waals surface area contributed by atoms with Crippen molar-refractivity contribution in [2.45, 2.75) is 13.8 Å². The number of primary amides is 1. The summed E-state index contributed by atoms with van der Waals surface area (Å²) in [5, 5.41) is 8.93. The number of hydrogen-bond donors (Lipinski definition) is 2. The van der Waals surface area contributed by atoms with Crippen LogP contribution < -0.4 is 11.1 Å². The van der Waals surface area contributed by atoms with E-state index in [4.69, 9.17) is 10.3 Å². The van der Waals surface area contributed by atoms with Crippen LogP contribution in [0.15, 0.2) is 40.2 Å². The van der Waals surface area contributed by atoms with Crippen molar-refractivity contribution < 1.29 is 14.1 Å². The predicted octanol–water partition coefficient (Wildman–Crippen LogP) is 3.37. The van der Waals surface area contributed by atoms with Crippen LogP contribution in [-0.4, -0.2) is 17.0 Å². The molecule has 2 aromatic heterocycles. The third-order valence-corrected chi connectivity index (χ3v) is 4.60. The Labute approximate surface area is 142 Å². The van der Waals surface area contributed by atoms with E-state index in [2.05, 4.69) is 10.5 Å². The first-order valence-corrected chi connectivity index (χ1v) is 8.08. The molecular weight excluding hydrogens is 326 g/mol. The number of nitrogens with one attached hydrogen (secondary N) is 1. The van der Waals surface area contributed by atoms with Crippen molar-refractivity contribution in [3.8, 4) is 11.3 Å². The van der Waals surface area contributed by atoms with Crippen LogP contribution in [0.5, 0.6) is 0 Å². The maximum atomic E-state index is 12.7. The fourth-order valence-corrected chi connectivity index (χ4v) is 3.38. The molecule has 0 atom stereocenters. The number of rotatable bonds is 4. The van der Waals surface area contributed by atoms with E-state index in [1.54, 1.807) is 19.2 Å². The van der Waals surface area contributed by atoms with E-state index in [9.17, 15) is 9.59 Å². The van der Waals surface area contributed by atoms with Gasteiger partial charge in [-0.3, -0.25) is 9.59 Å². The molecule has 2 heterocycles. The van der Waals surface area contributed by atoms with Crippen LogP contribution in [0.25, 0.3) is 11.3 Å². The van der Waals surface area contributed by atoms with Crippen LogP contribution in [-0.2, 0) is 0 Å². The lowest BCUT2D eigenvalue weighted by molar-refractivity contribution is 0.100. The van der Waals surface area contributed by atoms with Crippen LogP contribution >= 0.6 is 11.3 Å². The maximum absolute atomic E-state index is 12.7. The smallest absolute Gasteiger partial charge is 0.262 e. The molecule has 24 heavy (non-hydrogen) atoms. The first kappa shape index (κ1) is 15.9. The zero-order chi connectivity index (χ0) is 17.3. The zero-order valence-electron chi connectivity index (χ0n) is 13.1. The third-order valence-electron chi connectivity index (χ3n) is 3.59. The van der Waals surface area contributed by atoms with Crippen molar-refractivity contribution >= 4 is 28.2 Å². The number of nitrogens with zero attached hydrogens (tertiary/aromatic N) is 1. The summed E-state index contributed by atoms with van der Waals surface area (Å²) in [5.74, 6) is -0.563. The van der Waals surface area contributed by atoms with Gasteiger partial charge in [-0.2, -0.15) is 0 Å². The van der Waals surface area contributed by atoms with E-state index >= 15 is 0 Å². The van der Waals surface area contributed by atoms with Crippen LogP contribution in [0.4, 0.5) is 5.00 Å². The highest BCUT2D eigenvalue weighted by Gasteiger charge is 2.24. The predicted molar refractivity (Wildman–Crippen MR) is 92.2 cm³/mol. The molecule has 0 aliphatic carbocycles. The number of hydrogen-bond acceptors (Lipinski definition) is 5. The van der Waals surface area contributed by atoms with E-state index in [-0.39, 0.29) is 0 Å². The molecule has 3 rings (SSSR count). The topological polar surface area (TPSA) is 98.2 Å². The first-order valence-electron chi connectivity index (χ1n) is 7.20. The van der Waals surface area contributed by atoms with E-state index in [0.717, 1.165) is 11.1 Å². The average Bonchev–Trinajstić information content (AvgIpc) is 3.11. The Balaban J connectivity index is 1.98. The van der Waals surface area contributed by atoms with Crippen LogP contribution in [0, 0.1) is 13.8 Å². The van der Waals surface area contributed by atoms with Crippen molar-refractivity contribution in [2.24, 2.45) is 5.73 Å². The van der Waals surface area contributed by atoms with Gasteiger partial charge in [0.15, 0.2) is 0 Å². The molecule has 7 heteroatoms. The van der Waals surface area contributed by atoms with Crippen molar-refractivity contribution in [2.75, 3.05) is 5.32 Å². The van der Waals surface area contributed by atoms with Gasteiger partial charge in [0.25, 0.3) is 11.8 Å². The van der Waals surface area contributed by atoms with Crippen molar-refractivity contribution in [3.05, 3.63) is 58.2 Å². The summed E-state index contributed by atoms with van der Waals surface area (Å²) in [5.41, 5.74) is 8.01. The molecular formula is C17H15N3O3S. The Morgan fingerprint density at radius 3 is 2.54 bits per heavy atom. The fraction of sp³-hybridized carbons (Fsp3) is 0.118. The summed E-state index contributed by atoms with van der Waals surface area (Å²) < 4.78 is 5.19. The SMILES string of the molecule is Cc1csc(NC(=O)c2c(-c3ccccc3)noc2C)c1C(N)=O. The second-order valence-corrected chi connectivity index (χ2v) is 6.15. The molecule has 6 nitrogen and oxygen atoms in total. The molecule has 0 aliphatic rings. The van der Waals surface area contributed by atoms with E-state index < -0.39 is 11.8 Å². The van der Waals surface area contributed by atoms with E-state index in [1.807, 2.05) is 30.3 Å². The number of thiophene rings is 1. The molecule has 3 N–H and O–H groups in total. The third kappa shape index (κ3) is 2.81. The Kier molecular flexibility index (Phi) is 4.18. The number of nitrogens with two attached hydrogens (primary N) is 1. The Morgan fingerprint density at radius 2 is 1.88 bits per heavy atom. The van der Waals surface area contributed by atoms with Gasteiger partial charge in [0.05, 0.1) is 5.56 Å². The molecule has 0 saturated carbocycles. The number of carbonyl (C=O) groups excluding carboxylic acids is 2. The molecule has 0 radical (unpaired) electrons. The quantitative estimate of drug-likeness (QED) is 0.760. The monoisotopic (exact) mass is 341 g/mol. The molecule has 122 valence electrons. The summed E-state index contributed by atoms with van der Waals surface area (Å²) in [7, 11) is 0. The lowest BCUT2D eigenvalue weighted by Gasteiger charge is -2.06. The van der Waals surface area contributed by atoms with Gasteiger partial charge in [-0.25, -0.2) is 0 Å². The summed E-state index contributed by atoms with van der Waals surface area (Å²) in [6.07, 6.45) is 0. The molecule has 0 unspecified atom stereocenters. The summed E-state index contributed by atoms with van der Waals surface area (Å²) in [4.78, 5) is 24.3. The molecule has 0 bridgehead atoms. The Bertz CT molecular complexity index is 913. The van der Waals surface area contributed by atoms with Crippen LogP contribution in [0.2, 0.25) is 0 Å². The number of aryl methyl sites for hydroxylation is 2. The normalized spacial score (nSPS) is 10.6. The van der Waals surface area contributed by atoms with Gasteiger partial charge in [-0.1, -0.05) is 35.5 Å². The van der Waals surface area contributed by atoms with E-state index in [1.165, 1.54) is 11.3 Å². The highest BCUT2D eigenvalue weighted by Crippen LogP contribution is 2.30. The molecule has 1 aromatic carbocycles. The fourth-order valence-electron chi connectivity index (χ4n) is 2.44. The minimum Gasteiger partial charge on any atom is -0.365 e. The van der Waals surface area contributed by atoms with Gasteiger partial charge in [-0.05, 0) is 24.8 Å². The second-order valence-electron chi connectivity index (χ2n) is 5.27. The van der Waals surface area contributed by atoms with Crippen molar-refractivity contribution in [1.29, 1.82) is 0 Å². The highest BCUT2D eigenvalue weighted by molar-refractivity contribution is 7.15. The summed E-state index contributed by atoms with van der Waals surface area (Å²) in [6.45, 7) is 3.44. The van der Waals surface area contributed by atoms with Gasteiger partial charge in [-0.15, -0.1) is 11.3 Å². The lowest BCUT2D eigenvalue weighted by atomic mass is 10.1. The minimum absolute atomic E-state index is 0.323. The van der Waals surface area contributed by atoms with Crippen molar-refractivity contribution in [1.82, 2.24) is 5.16 Å². The minimum atomic E-state index is -0.575. The highest BCUT2D eigenvalue weighted by atomic mass is 32.1. The molecule has 2 amide bonds. The summed E-state index contributed by atoms with van der Waals surface area (Å²) in [6, 6.07) is 9.28. The standard InChI is InChI=1S/C17H15N3O3S/c1-9-8-24-17(12(9)15(18)21)19-16(22)13-10(2)23-20-14(13)11-6-4-3-5-7-11/h3-8H,1-2H3,(H2,18,21)(H,19,22). The van der Waals surface area contributed by atoms with Gasteiger partial charge < -0.3 is 15.6 Å². The average molecular weight is 341 g/mol. The Morgan fingerprint density at radius 1 is 1.17 bits per heavy atom. The second kappa shape index (κ2) is 6.29. The molecule has 3 aromatic rings. The number of aromatic nitrogens is 1. The molecule has 0 fully saturated rings. The molecule has 0 spiro atoms. The zero-order valence-corrected chi connectivity index (χ0v) is 13.9. The molecule has 0 aliphatic heterocycles. The maximum Gasteiger partial charge on any atom is 0.262 e. The van der Waals surface area contributed by atoms with Crippen LogP contribution in [0.3, 0.4) is 0 Å². The van der Waals surface area contributed by atoms with Gasteiger partial charge >= 0.3 is 0 Å². The Hall–Kier alpha value is -2.93. The summed E-state index contributed by atoms with van der Waals surface area (Å²) >= 11 is 1.25. The lowest BCUT2D eigenvalue weighted by Crippen LogP contribution is -2.18. The van der Waals surface area contributed by atoms with Gasteiger partial charge in [0.2, 0.25) is 0 Å². The number of carbonyl (C=O) groups is 2. The molecule has 0 saturated heterocycles. The number of amides is 2. The van der Waals surface area contributed by atoms with Gasteiger partial charge in [0, 0.05) is 5.56 Å². The van der Waals surface area contributed by atoms with Gasteiger partial charge in [0.1, 0.15) is 22.0 Å². The number of anilines is 1. The largest absolute Gasteiger partial charge is 0.365 e.